The van der Waals surface area contributed by atoms with Gasteiger partial charge in [-0.25, -0.2) is 9.37 Å². The smallest absolute Gasteiger partial charge is 0.266 e. The molecule has 4 rings (SSSR count). The summed E-state index contributed by atoms with van der Waals surface area (Å²) >= 11 is 1.10. The molecule has 0 fully saturated rings. The topological polar surface area (TPSA) is 67.2 Å². The zero-order chi connectivity index (χ0) is 23.5. The van der Waals surface area contributed by atoms with Gasteiger partial charge in [0.2, 0.25) is 5.91 Å². The SMILES string of the molecule is CC(Sc1nc2ccccc2c(=O)n1-c1ccccc1F)C(=O)Nc1ccc(N(C)C)cc1. The Labute approximate surface area is 195 Å². The van der Waals surface area contributed by atoms with Gasteiger partial charge >= 0.3 is 0 Å². The van der Waals surface area contributed by atoms with Crippen molar-refractivity contribution in [2.24, 2.45) is 0 Å². The zero-order valence-electron chi connectivity index (χ0n) is 18.4. The van der Waals surface area contributed by atoms with E-state index < -0.39 is 11.1 Å². The van der Waals surface area contributed by atoms with E-state index >= 15 is 0 Å². The maximum absolute atomic E-state index is 14.6. The Balaban J connectivity index is 1.67. The van der Waals surface area contributed by atoms with Crippen molar-refractivity contribution in [1.82, 2.24) is 9.55 Å². The van der Waals surface area contributed by atoms with E-state index in [1.807, 2.05) is 43.3 Å². The Bertz CT molecular complexity index is 1370. The van der Waals surface area contributed by atoms with Crippen molar-refractivity contribution in [3.63, 3.8) is 0 Å². The maximum atomic E-state index is 14.6. The molecule has 1 aromatic heterocycles. The second-order valence-electron chi connectivity index (χ2n) is 7.69. The van der Waals surface area contributed by atoms with Crippen LogP contribution in [-0.2, 0) is 4.79 Å². The van der Waals surface area contributed by atoms with Gasteiger partial charge in [0.05, 0.1) is 21.8 Å². The second kappa shape index (κ2) is 9.46. The Morgan fingerprint density at radius 1 is 1.03 bits per heavy atom. The van der Waals surface area contributed by atoms with Gasteiger partial charge in [-0.2, -0.15) is 0 Å². The van der Waals surface area contributed by atoms with E-state index in [2.05, 4.69) is 10.3 Å². The molecule has 0 aliphatic carbocycles. The molecule has 1 unspecified atom stereocenters. The van der Waals surface area contributed by atoms with Crippen LogP contribution >= 0.6 is 11.8 Å². The zero-order valence-corrected chi connectivity index (χ0v) is 19.3. The molecule has 1 amide bonds. The van der Waals surface area contributed by atoms with Crippen LogP contribution in [0, 0.1) is 5.82 Å². The first-order chi connectivity index (χ1) is 15.8. The molecule has 1 heterocycles. The number of thioether (sulfide) groups is 1. The van der Waals surface area contributed by atoms with Gasteiger partial charge < -0.3 is 10.2 Å². The molecule has 3 aromatic carbocycles. The average molecular weight is 463 g/mol. The summed E-state index contributed by atoms with van der Waals surface area (Å²) in [6.45, 7) is 1.72. The van der Waals surface area contributed by atoms with E-state index in [-0.39, 0.29) is 22.3 Å². The highest BCUT2D eigenvalue weighted by atomic mass is 32.2. The van der Waals surface area contributed by atoms with E-state index in [0.29, 0.717) is 16.6 Å². The average Bonchev–Trinajstić information content (AvgIpc) is 2.80. The lowest BCUT2D eigenvalue weighted by Gasteiger charge is -2.17. The molecule has 6 nitrogen and oxygen atoms in total. The van der Waals surface area contributed by atoms with E-state index in [0.717, 1.165) is 17.4 Å². The van der Waals surface area contributed by atoms with Gasteiger partial charge in [0.1, 0.15) is 5.82 Å². The van der Waals surface area contributed by atoms with Gasteiger partial charge in [-0.05, 0) is 55.5 Å². The van der Waals surface area contributed by atoms with Crippen molar-refractivity contribution < 1.29 is 9.18 Å². The maximum Gasteiger partial charge on any atom is 0.266 e. The number of carbonyl (C=O) groups is 1. The molecule has 0 spiro atoms. The normalized spacial score (nSPS) is 11.9. The highest BCUT2D eigenvalue weighted by Crippen LogP contribution is 2.27. The molecule has 8 heteroatoms. The number of benzene rings is 3. The minimum Gasteiger partial charge on any atom is -0.378 e. The molecule has 0 bridgehead atoms. The molecular weight excluding hydrogens is 439 g/mol. The lowest BCUT2D eigenvalue weighted by Crippen LogP contribution is -2.26. The molecule has 1 atom stereocenters. The molecule has 0 aliphatic rings. The van der Waals surface area contributed by atoms with Gasteiger partial charge in [0.15, 0.2) is 5.16 Å². The molecule has 33 heavy (non-hydrogen) atoms. The Hall–Kier alpha value is -3.65. The molecule has 0 aliphatic heterocycles. The minimum atomic E-state index is -0.593. The molecule has 0 radical (unpaired) electrons. The van der Waals surface area contributed by atoms with E-state index in [4.69, 9.17) is 0 Å². The van der Waals surface area contributed by atoms with Crippen molar-refractivity contribution in [3.8, 4) is 5.69 Å². The molecule has 1 N–H and O–H groups in total. The van der Waals surface area contributed by atoms with Crippen LogP contribution in [-0.4, -0.2) is 34.8 Å². The van der Waals surface area contributed by atoms with E-state index in [9.17, 15) is 14.0 Å². The monoisotopic (exact) mass is 462 g/mol. The Morgan fingerprint density at radius 2 is 1.70 bits per heavy atom. The molecule has 4 aromatic rings. The predicted octanol–water partition coefficient (Wildman–Crippen LogP) is 4.71. The number of halogens is 1. The Kier molecular flexibility index (Phi) is 6.46. The van der Waals surface area contributed by atoms with Crippen molar-refractivity contribution >= 4 is 39.9 Å². The van der Waals surface area contributed by atoms with Gasteiger partial charge in [0.25, 0.3) is 5.56 Å². The third kappa shape index (κ3) is 4.75. The van der Waals surface area contributed by atoms with Crippen molar-refractivity contribution in [2.75, 3.05) is 24.3 Å². The Morgan fingerprint density at radius 3 is 2.39 bits per heavy atom. The first-order valence-electron chi connectivity index (χ1n) is 10.4. The molecule has 0 saturated heterocycles. The quantitative estimate of drug-likeness (QED) is 0.332. The number of hydrogen-bond acceptors (Lipinski definition) is 5. The number of aromatic nitrogens is 2. The highest BCUT2D eigenvalue weighted by Gasteiger charge is 2.21. The molecule has 168 valence electrons. The summed E-state index contributed by atoms with van der Waals surface area (Å²) in [6, 6.07) is 20.4. The summed E-state index contributed by atoms with van der Waals surface area (Å²) in [7, 11) is 3.88. The van der Waals surface area contributed by atoms with Crippen LogP contribution in [0.25, 0.3) is 16.6 Å². The standard InChI is InChI=1S/C25H23FN4O2S/c1-16(23(31)27-17-12-14-18(15-13-17)29(2)3)33-25-28-21-10-6-4-8-19(21)24(32)30(25)22-11-7-5-9-20(22)26/h4-16H,1-3H3,(H,27,31). The fourth-order valence-electron chi connectivity index (χ4n) is 3.34. The first kappa shape index (κ1) is 22.5. The summed E-state index contributed by atoms with van der Waals surface area (Å²) in [5.41, 5.74) is 1.88. The third-order valence-corrected chi connectivity index (χ3v) is 6.19. The highest BCUT2D eigenvalue weighted by molar-refractivity contribution is 8.00. The van der Waals surface area contributed by atoms with Crippen LogP contribution in [0.5, 0.6) is 0 Å². The van der Waals surface area contributed by atoms with Crippen LogP contribution in [0.3, 0.4) is 0 Å². The first-order valence-corrected chi connectivity index (χ1v) is 11.2. The van der Waals surface area contributed by atoms with Gasteiger partial charge in [-0.1, -0.05) is 36.0 Å². The molecule has 0 saturated carbocycles. The number of anilines is 2. The van der Waals surface area contributed by atoms with Crippen LogP contribution in [0.4, 0.5) is 15.8 Å². The van der Waals surface area contributed by atoms with Gasteiger partial charge in [0, 0.05) is 25.5 Å². The number of rotatable bonds is 6. The largest absolute Gasteiger partial charge is 0.378 e. The fraction of sp³-hybridized carbons (Fsp3) is 0.160. The lowest BCUT2D eigenvalue weighted by molar-refractivity contribution is -0.115. The summed E-state index contributed by atoms with van der Waals surface area (Å²) in [5, 5.41) is 2.91. The fourth-order valence-corrected chi connectivity index (χ4v) is 4.26. The van der Waals surface area contributed by atoms with Crippen LogP contribution in [0.1, 0.15) is 6.92 Å². The number of carbonyl (C=O) groups excluding carboxylic acids is 1. The van der Waals surface area contributed by atoms with Gasteiger partial charge in [-0.15, -0.1) is 0 Å². The van der Waals surface area contributed by atoms with Crippen LogP contribution in [0.15, 0.2) is 82.7 Å². The third-order valence-electron chi connectivity index (χ3n) is 5.14. The number of nitrogens with one attached hydrogen (secondary N) is 1. The van der Waals surface area contributed by atoms with E-state index in [1.54, 1.807) is 43.3 Å². The second-order valence-corrected chi connectivity index (χ2v) is 9.00. The lowest BCUT2D eigenvalue weighted by atomic mass is 10.2. The summed E-state index contributed by atoms with van der Waals surface area (Å²) in [5.74, 6) is -0.795. The summed E-state index contributed by atoms with van der Waals surface area (Å²) in [4.78, 5) is 32.7. The number of amides is 1. The van der Waals surface area contributed by atoms with Crippen molar-refractivity contribution in [3.05, 3.63) is 89.0 Å². The number of hydrogen-bond donors (Lipinski definition) is 1. The number of nitrogens with zero attached hydrogens (tertiary/aromatic N) is 3. The van der Waals surface area contributed by atoms with Gasteiger partial charge in [-0.3, -0.25) is 14.2 Å². The molecular formula is C25H23FN4O2S. The van der Waals surface area contributed by atoms with Crippen LogP contribution in [0.2, 0.25) is 0 Å². The predicted molar refractivity (Wildman–Crippen MR) is 132 cm³/mol. The minimum absolute atomic E-state index is 0.0927. The number of fused-ring (bicyclic) bond motifs is 1. The number of para-hydroxylation sites is 2. The summed E-state index contributed by atoms with van der Waals surface area (Å²) < 4.78 is 15.9. The van der Waals surface area contributed by atoms with Crippen molar-refractivity contribution in [2.45, 2.75) is 17.3 Å². The van der Waals surface area contributed by atoms with Crippen LogP contribution < -0.4 is 15.8 Å². The summed E-state index contributed by atoms with van der Waals surface area (Å²) in [6.07, 6.45) is 0. The van der Waals surface area contributed by atoms with Crippen molar-refractivity contribution in [1.29, 1.82) is 0 Å². The van der Waals surface area contributed by atoms with E-state index in [1.165, 1.54) is 16.7 Å².